The van der Waals surface area contributed by atoms with E-state index in [0.717, 1.165) is 15.7 Å². The third kappa shape index (κ3) is 1.83. The van der Waals surface area contributed by atoms with Crippen molar-refractivity contribution < 1.29 is 0 Å². The van der Waals surface area contributed by atoms with Gasteiger partial charge in [-0.2, -0.15) is 0 Å². The van der Waals surface area contributed by atoms with E-state index in [-0.39, 0.29) is 0 Å². The highest BCUT2D eigenvalue weighted by Gasteiger charge is 2.00. The molecule has 0 spiro atoms. The van der Waals surface area contributed by atoms with Crippen LogP contribution in [0.1, 0.15) is 12.5 Å². The number of nitrogens with zero attached hydrogens (tertiary/aromatic N) is 1. The molecule has 2 heteroatoms. The molecule has 0 radical (unpaired) electrons. The lowest BCUT2D eigenvalue weighted by atomic mass is 10.1. The molecular weight excluding hydrogens is 214 g/mol. The van der Waals surface area contributed by atoms with Crippen molar-refractivity contribution in [2.45, 2.75) is 6.92 Å². The maximum Gasteiger partial charge on any atom is 0.0705 e. The molecule has 0 saturated carbocycles. The molecule has 0 atom stereocenters. The molecule has 0 aromatic heterocycles. The third-order valence-electron chi connectivity index (χ3n) is 1.59. The summed E-state index contributed by atoms with van der Waals surface area (Å²) in [7, 11) is 0. The standard InChI is InChI=1S/C10H10BrN/c1-3-9(11)8-6-4-5-7-10(8)12-2/h3-7H,2H2,1H3/b9-3+. The Kier molecular flexibility index (Phi) is 3.23. The van der Waals surface area contributed by atoms with E-state index in [4.69, 9.17) is 0 Å². The Morgan fingerprint density at radius 2 is 2.17 bits per heavy atom. The third-order valence-corrected chi connectivity index (χ3v) is 2.47. The van der Waals surface area contributed by atoms with E-state index in [2.05, 4.69) is 27.6 Å². The molecule has 0 amide bonds. The topological polar surface area (TPSA) is 12.4 Å². The van der Waals surface area contributed by atoms with E-state index in [1.807, 2.05) is 37.3 Å². The highest BCUT2D eigenvalue weighted by atomic mass is 79.9. The molecule has 1 nitrogen and oxygen atoms in total. The van der Waals surface area contributed by atoms with Crippen LogP contribution < -0.4 is 0 Å². The molecule has 1 rings (SSSR count). The van der Waals surface area contributed by atoms with Crippen molar-refractivity contribution in [2.75, 3.05) is 0 Å². The van der Waals surface area contributed by atoms with Crippen molar-refractivity contribution >= 4 is 32.8 Å². The van der Waals surface area contributed by atoms with Gasteiger partial charge in [-0.25, -0.2) is 0 Å². The monoisotopic (exact) mass is 223 g/mol. The Bertz CT molecular complexity index is 315. The van der Waals surface area contributed by atoms with Crippen LogP contribution in [0, 0.1) is 0 Å². The minimum Gasteiger partial charge on any atom is -0.264 e. The van der Waals surface area contributed by atoms with Crippen LogP contribution in [0.15, 0.2) is 35.3 Å². The second-order valence-corrected chi connectivity index (χ2v) is 3.17. The first kappa shape index (κ1) is 9.20. The SMILES string of the molecule is C=Nc1ccccc1/C(Br)=C\C. The number of hydrogen-bond donors (Lipinski definition) is 0. The summed E-state index contributed by atoms with van der Waals surface area (Å²) in [4.78, 5) is 3.92. The van der Waals surface area contributed by atoms with E-state index < -0.39 is 0 Å². The summed E-state index contributed by atoms with van der Waals surface area (Å²) in [6.07, 6.45) is 1.99. The summed E-state index contributed by atoms with van der Waals surface area (Å²) in [6, 6.07) is 7.87. The number of rotatable bonds is 2. The Balaban J connectivity index is 3.22. The zero-order valence-electron chi connectivity index (χ0n) is 6.92. The first-order valence-electron chi connectivity index (χ1n) is 3.67. The molecule has 0 aliphatic heterocycles. The van der Waals surface area contributed by atoms with Gasteiger partial charge in [-0.1, -0.05) is 40.2 Å². The van der Waals surface area contributed by atoms with Gasteiger partial charge in [0.25, 0.3) is 0 Å². The number of hydrogen-bond acceptors (Lipinski definition) is 1. The quantitative estimate of drug-likeness (QED) is 0.678. The maximum atomic E-state index is 3.92. The van der Waals surface area contributed by atoms with Crippen LogP contribution in [0.4, 0.5) is 5.69 Å². The molecule has 1 aromatic carbocycles. The van der Waals surface area contributed by atoms with Gasteiger partial charge in [0.15, 0.2) is 0 Å². The largest absolute Gasteiger partial charge is 0.264 e. The summed E-state index contributed by atoms with van der Waals surface area (Å²) in [5, 5.41) is 0. The number of para-hydroxylation sites is 1. The Hall–Kier alpha value is -0.890. The Morgan fingerprint density at radius 3 is 2.75 bits per heavy atom. The van der Waals surface area contributed by atoms with Gasteiger partial charge < -0.3 is 0 Å². The predicted molar refractivity (Wildman–Crippen MR) is 58.2 cm³/mol. The van der Waals surface area contributed by atoms with Gasteiger partial charge in [-0.3, -0.25) is 4.99 Å². The predicted octanol–water partition coefficient (Wildman–Crippen LogP) is 3.77. The van der Waals surface area contributed by atoms with Crippen LogP contribution >= 0.6 is 15.9 Å². The fourth-order valence-corrected chi connectivity index (χ4v) is 1.30. The highest BCUT2D eigenvalue weighted by molar-refractivity contribution is 9.15. The minimum absolute atomic E-state index is 0.905. The van der Waals surface area contributed by atoms with Crippen molar-refractivity contribution in [3.8, 4) is 0 Å². The van der Waals surface area contributed by atoms with Crippen LogP contribution in [-0.4, -0.2) is 6.72 Å². The Labute approximate surface area is 81.0 Å². The normalized spacial score (nSPS) is 11.3. The van der Waals surface area contributed by atoms with E-state index in [1.165, 1.54) is 0 Å². The van der Waals surface area contributed by atoms with Gasteiger partial charge in [0.2, 0.25) is 0 Å². The van der Waals surface area contributed by atoms with Crippen LogP contribution in [0.25, 0.3) is 4.48 Å². The maximum absolute atomic E-state index is 3.92. The molecule has 0 aliphatic carbocycles. The Morgan fingerprint density at radius 1 is 1.50 bits per heavy atom. The van der Waals surface area contributed by atoms with Gasteiger partial charge >= 0.3 is 0 Å². The number of halogens is 1. The smallest absolute Gasteiger partial charge is 0.0705 e. The minimum atomic E-state index is 0.905. The van der Waals surface area contributed by atoms with Crippen LogP contribution in [0.5, 0.6) is 0 Å². The summed E-state index contributed by atoms with van der Waals surface area (Å²) in [5.74, 6) is 0. The molecule has 62 valence electrons. The molecule has 0 N–H and O–H groups in total. The molecule has 1 aromatic rings. The van der Waals surface area contributed by atoms with E-state index in [9.17, 15) is 0 Å². The zero-order valence-corrected chi connectivity index (χ0v) is 8.51. The molecular formula is C10H10BrN. The first-order chi connectivity index (χ1) is 5.79. The summed E-state index contributed by atoms with van der Waals surface area (Å²) in [6.45, 7) is 5.49. The summed E-state index contributed by atoms with van der Waals surface area (Å²) in [5.41, 5.74) is 1.98. The van der Waals surface area contributed by atoms with Gasteiger partial charge in [0.05, 0.1) is 5.69 Å². The number of aliphatic imine (C=N–C) groups is 1. The molecule has 0 aliphatic rings. The van der Waals surface area contributed by atoms with Gasteiger partial charge in [-0.05, 0) is 19.7 Å². The average molecular weight is 224 g/mol. The van der Waals surface area contributed by atoms with Crippen LogP contribution in [-0.2, 0) is 0 Å². The van der Waals surface area contributed by atoms with Crippen molar-refractivity contribution in [1.29, 1.82) is 0 Å². The van der Waals surface area contributed by atoms with Crippen LogP contribution in [0.2, 0.25) is 0 Å². The lowest BCUT2D eigenvalue weighted by Gasteiger charge is -2.02. The molecule has 0 fully saturated rings. The van der Waals surface area contributed by atoms with Crippen molar-refractivity contribution in [3.05, 3.63) is 35.9 Å². The van der Waals surface area contributed by atoms with Gasteiger partial charge in [0.1, 0.15) is 0 Å². The van der Waals surface area contributed by atoms with Gasteiger partial charge in [-0.15, -0.1) is 0 Å². The fourth-order valence-electron chi connectivity index (χ4n) is 0.969. The molecule has 0 bridgehead atoms. The summed E-state index contributed by atoms with van der Waals surface area (Å²) < 4.78 is 1.05. The fraction of sp³-hybridized carbons (Fsp3) is 0.100. The first-order valence-corrected chi connectivity index (χ1v) is 4.47. The molecule has 0 unspecified atom stereocenters. The molecule has 0 heterocycles. The average Bonchev–Trinajstić information content (AvgIpc) is 2.16. The van der Waals surface area contributed by atoms with Crippen molar-refractivity contribution in [2.24, 2.45) is 4.99 Å². The van der Waals surface area contributed by atoms with E-state index in [0.29, 0.717) is 0 Å². The van der Waals surface area contributed by atoms with Gasteiger partial charge in [0, 0.05) is 10.0 Å². The zero-order chi connectivity index (χ0) is 8.97. The van der Waals surface area contributed by atoms with Crippen molar-refractivity contribution in [3.63, 3.8) is 0 Å². The number of allylic oxidation sites excluding steroid dienone is 1. The van der Waals surface area contributed by atoms with Crippen LogP contribution in [0.3, 0.4) is 0 Å². The molecule has 0 saturated heterocycles. The van der Waals surface area contributed by atoms with E-state index in [1.54, 1.807) is 0 Å². The second-order valence-electron chi connectivity index (χ2n) is 2.31. The summed E-state index contributed by atoms with van der Waals surface area (Å²) >= 11 is 3.45. The number of benzene rings is 1. The van der Waals surface area contributed by atoms with Crippen molar-refractivity contribution in [1.82, 2.24) is 0 Å². The second kappa shape index (κ2) is 4.21. The lowest BCUT2D eigenvalue weighted by molar-refractivity contribution is 1.52. The van der Waals surface area contributed by atoms with E-state index >= 15 is 0 Å². The lowest BCUT2D eigenvalue weighted by Crippen LogP contribution is -1.76. The highest BCUT2D eigenvalue weighted by Crippen LogP contribution is 2.29. The molecule has 12 heavy (non-hydrogen) atoms.